The lowest BCUT2D eigenvalue weighted by Crippen LogP contribution is -2.23. The van der Waals surface area contributed by atoms with Crippen LogP contribution >= 0.6 is 11.8 Å². The first-order chi connectivity index (χ1) is 11.9. The molecule has 3 aromatic rings. The Bertz CT molecular complexity index is 698. The fourth-order valence-corrected chi connectivity index (χ4v) is 3.76. The minimum atomic E-state index is 0.361. The second kappa shape index (κ2) is 9.31. The molecule has 2 heteroatoms. The molecule has 0 fully saturated rings. The summed E-state index contributed by atoms with van der Waals surface area (Å²) in [5.41, 5.74) is 4.07. The van der Waals surface area contributed by atoms with E-state index < -0.39 is 0 Å². The number of benzene rings is 3. The molecule has 1 unspecified atom stereocenters. The lowest BCUT2D eigenvalue weighted by atomic mass is 10.1. The topological polar surface area (TPSA) is 12.0 Å². The maximum Gasteiger partial charge on any atom is 0.0414 e. The third kappa shape index (κ3) is 5.26. The summed E-state index contributed by atoms with van der Waals surface area (Å²) in [7, 11) is 0. The standard InChI is InChI=1S/C22H23NS/c1-4-10-19(11-5-1)16-23-22(21-14-8-3-9-15-21)18-24-17-20-12-6-2-7-13-20/h1-15,22-23H,16-18H2. The summed E-state index contributed by atoms with van der Waals surface area (Å²) in [6.45, 7) is 0.895. The van der Waals surface area contributed by atoms with E-state index in [0.717, 1.165) is 18.1 Å². The monoisotopic (exact) mass is 333 g/mol. The van der Waals surface area contributed by atoms with Crippen molar-refractivity contribution in [1.29, 1.82) is 0 Å². The van der Waals surface area contributed by atoms with Crippen molar-refractivity contribution in [3.63, 3.8) is 0 Å². The molecule has 0 saturated heterocycles. The van der Waals surface area contributed by atoms with Gasteiger partial charge in [-0.1, -0.05) is 91.0 Å². The van der Waals surface area contributed by atoms with Crippen LogP contribution in [-0.2, 0) is 12.3 Å². The van der Waals surface area contributed by atoms with E-state index in [1.54, 1.807) is 0 Å². The predicted molar refractivity (Wildman–Crippen MR) is 105 cm³/mol. The van der Waals surface area contributed by atoms with E-state index in [1.807, 2.05) is 11.8 Å². The van der Waals surface area contributed by atoms with Crippen LogP contribution in [0.4, 0.5) is 0 Å². The fourth-order valence-electron chi connectivity index (χ4n) is 2.66. The molecule has 0 amide bonds. The van der Waals surface area contributed by atoms with Gasteiger partial charge < -0.3 is 5.32 Å². The average molecular weight is 334 g/mol. The molecular formula is C22H23NS. The number of thioether (sulfide) groups is 1. The van der Waals surface area contributed by atoms with Crippen LogP contribution in [0.1, 0.15) is 22.7 Å². The van der Waals surface area contributed by atoms with Gasteiger partial charge in [0.2, 0.25) is 0 Å². The second-order valence-corrected chi connectivity index (χ2v) is 6.86. The quantitative estimate of drug-likeness (QED) is 0.588. The van der Waals surface area contributed by atoms with Crippen LogP contribution in [0, 0.1) is 0 Å². The van der Waals surface area contributed by atoms with Crippen LogP contribution in [0.5, 0.6) is 0 Å². The Hall–Kier alpha value is -2.03. The van der Waals surface area contributed by atoms with Gasteiger partial charge in [0.1, 0.15) is 0 Å². The summed E-state index contributed by atoms with van der Waals surface area (Å²) in [6.07, 6.45) is 0. The summed E-state index contributed by atoms with van der Waals surface area (Å²) >= 11 is 1.98. The van der Waals surface area contributed by atoms with Crippen molar-refractivity contribution in [2.24, 2.45) is 0 Å². The molecular weight excluding hydrogens is 310 g/mol. The van der Waals surface area contributed by atoms with E-state index in [2.05, 4.69) is 96.3 Å². The minimum Gasteiger partial charge on any atom is -0.305 e. The molecule has 3 rings (SSSR count). The van der Waals surface area contributed by atoms with Crippen molar-refractivity contribution < 1.29 is 0 Å². The Morgan fingerprint density at radius 3 is 1.83 bits per heavy atom. The maximum absolute atomic E-state index is 3.72. The number of nitrogens with one attached hydrogen (secondary N) is 1. The van der Waals surface area contributed by atoms with Crippen molar-refractivity contribution in [1.82, 2.24) is 5.32 Å². The van der Waals surface area contributed by atoms with Crippen molar-refractivity contribution in [2.45, 2.75) is 18.3 Å². The Kier molecular flexibility index (Phi) is 6.52. The summed E-state index contributed by atoms with van der Waals surface area (Å²) in [5, 5.41) is 3.72. The largest absolute Gasteiger partial charge is 0.305 e. The first-order valence-corrected chi connectivity index (χ1v) is 9.51. The summed E-state index contributed by atoms with van der Waals surface area (Å²) in [4.78, 5) is 0. The molecule has 1 nitrogen and oxygen atoms in total. The molecule has 0 heterocycles. The Labute approximate surface area is 149 Å². The molecule has 0 aliphatic carbocycles. The van der Waals surface area contributed by atoms with Gasteiger partial charge in [-0.25, -0.2) is 0 Å². The Morgan fingerprint density at radius 1 is 0.667 bits per heavy atom. The summed E-state index contributed by atoms with van der Waals surface area (Å²) < 4.78 is 0. The molecule has 0 saturated carbocycles. The zero-order chi connectivity index (χ0) is 16.5. The van der Waals surface area contributed by atoms with Gasteiger partial charge in [-0.3, -0.25) is 0 Å². The second-order valence-electron chi connectivity index (χ2n) is 5.83. The Morgan fingerprint density at radius 2 is 1.21 bits per heavy atom. The van der Waals surface area contributed by atoms with Gasteiger partial charge in [-0.2, -0.15) is 11.8 Å². The van der Waals surface area contributed by atoms with E-state index in [0.29, 0.717) is 6.04 Å². The summed E-state index contributed by atoms with van der Waals surface area (Å²) in [5.74, 6) is 2.11. The van der Waals surface area contributed by atoms with Gasteiger partial charge in [-0.15, -0.1) is 0 Å². The van der Waals surface area contributed by atoms with E-state index in [4.69, 9.17) is 0 Å². The predicted octanol–water partition coefficient (Wildman–Crippen LogP) is 5.45. The molecule has 1 N–H and O–H groups in total. The Balaban J connectivity index is 1.59. The lowest BCUT2D eigenvalue weighted by Gasteiger charge is -2.19. The molecule has 122 valence electrons. The van der Waals surface area contributed by atoms with Gasteiger partial charge in [0, 0.05) is 24.1 Å². The van der Waals surface area contributed by atoms with Gasteiger partial charge in [0.25, 0.3) is 0 Å². The number of hydrogen-bond donors (Lipinski definition) is 1. The van der Waals surface area contributed by atoms with Crippen molar-refractivity contribution in [2.75, 3.05) is 5.75 Å². The third-order valence-electron chi connectivity index (χ3n) is 3.99. The van der Waals surface area contributed by atoms with Crippen LogP contribution in [0.15, 0.2) is 91.0 Å². The van der Waals surface area contributed by atoms with Crippen LogP contribution in [-0.4, -0.2) is 5.75 Å². The van der Waals surface area contributed by atoms with E-state index in [9.17, 15) is 0 Å². The molecule has 0 radical (unpaired) electrons. The normalized spacial score (nSPS) is 12.0. The smallest absolute Gasteiger partial charge is 0.0414 e. The van der Waals surface area contributed by atoms with Crippen molar-refractivity contribution >= 4 is 11.8 Å². The minimum absolute atomic E-state index is 0.361. The molecule has 0 aromatic heterocycles. The molecule has 3 aromatic carbocycles. The highest BCUT2D eigenvalue weighted by Gasteiger charge is 2.11. The van der Waals surface area contributed by atoms with Crippen molar-refractivity contribution in [3.05, 3.63) is 108 Å². The zero-order valence-corrected chi connectivity index (χ0v) is 14.6. The van der Waals surface area contributed by atoms with Crippen LogP contribution in [0.2, 0.25) is 0 Å². The first-order valence-electron chi connectivity index (χ1n) is 8.36. The van der Waals surface area contributed by atoms with Crippen LogP contribution in [0.3, 0.4) is 0 Å². The van der Waals surface area contributed by atoms with Crippen LogP contribution < -0.4 is 5.32 Å². The molecule has 0 bridgehead atoms. The average Bonchev–Trinajstić information content (AvgIpc) is 2.67. The van der Waals surface area contributed by atoms with Crippen molar-refractivity contribution in [3.8, 4) is 0 Å². The van der Waals surface area contributed by atoms with Crippen LogP contribution in [0.25, 0.3) is 0 Å². The summed E-state index contributed by atoms with van der Waals surface area (Å²) in [6, 6.07) is 32.4. The van der Waals surface area contributed by atoms with Gasteiger partial charge in [0.05, 0.1) is 0 Å². The number of hydrogen-bond acceptors (Lipinski definition) is 2. The fraction of sp³-hybridized carbons (Fsp3) is 0.182. The highest BCUT2D eigenvalue weighted by molar-refractivity contribution is 7.98. The molecule has 1 atom stereocenters. The maximum atomic E-state index is 3.72. The SMILES string of the molecule is c1ccc(CNC(CSCc2ccccc2)c2ccccc2)cc1. The third-order valence-corrected chi connectivity index (χ3v) is 5.10. The van der Waals surface area contributed by atoms with E-state index in [1.165, 1.54) is 16.7 Å². The lowest BCUT2D eigenvalue weighted by molar-refractivity contribution is 0.582. The van der Waals surface area contributed by atoms with E-state index in [-0.39, 0.29) is 0 Å². The first kappa shape index (κ1) is 16.8. The van der Waals surface area contributed by atoms with Gasteiger partial charge >= 0.3 is 0 Å². The van der Waals surface area contributed by atoms with Gasteiger partial charge in [-0.05, 0) is 16.7 Å². The molecule has 0 spiro atoms. The molecule has 0 aliphatic rings. The molecule has 0 aliphatic heterocycles. The zero-order valence-electron chi connectivity index (χ0n) is 13.8. The van der Waals surface area contributed by atoms with E-state index >= 15 is 0 Å². The highest BCUT2D eigenvalue weighted by Crippen LogP contribution is 2.22. The highest BCUT2D eigenvalue weighted by atomic mass is 32.2. The number of rotatable bonds is 8. The van der Waals surface area contributed by atoms with Gasteiger partial charge in [0.15, 0.2) is 0 Å². The molecule has 24 heavy (non-hydrogen) atoms.